The van der Waals surface area contributed by atoms with Crippen molar-refractivity contribution in [3.8, 4) is 17.4 Å². The Bertz CT molecular complexity index is 570. The molecule has 0 saturated heterocycles. The fourth-order valence-electron chi connectivity index (χ4n) is 2.28. The minimum absolute atomic E-state index is 0.0263. The molecule has 1 fully saturated rings. The summed E-state index contributed by atoms with van der Waals surface area (Å²) >= 11 is 0. The third-order valence-electron chi connectivity index (χ3n) is 3.53. The summed E-state index contributed by atoms with van der Waals surface area (Å²) in [5, 5.41) is 12.0. The van der Waals surface area contributed by atoms with Gasteiger partial charge in [0, 0.05) is 12.3 Å². The summed E-state index contributed by atoms with van der Waals surface area (Å²) in [5.41, 5.74) is 5.33. The second-order valence-electron chi connectivity index (χ2n) is 5.51. The summed E-state index contributed by atoms with van der Waals surface area (Å²) in [6.45, 7) is 1.43. The SMILES string of the molecule is C[C@H](N)C(=O)NC(=O)Oc1nccc(OC2CCCCC2)c1O. The van der Waals surface area contributed by atoms with Gasteiger partial charge in [-0.2, -0.15) is 0 Å². The van der Waals surface area contributed by atoms with Crippen molar-refractivity contribution in [2.24, 2.45) is 5.73 Å². The summed E-state index contributed by atoms with van der Waals surface area (Å²) in [7, 11) is 0. The summed E-state index contributed by atoms with van der Waals surface area (Å²) in [6.07, 6.45) is 5.51. The van der Waals surface area contributed by atoms with Crippen LogP contribution < -0.4 is 20.5 Å². The van der Waals surface area contributed by atoms with E-state index < -0.39 is 18.0 Å². The van der Waals surface area contributed by atoms with Crippen molar-refractivity contribution in [1.82, 2.24) is 10.3 Å². The number of ether oxygens (including phenoxy) is 2. The Morgan fingerprint density at radius 1 is 1.39 bits per heavy atom. The van der Waals surface area contributed by atoms with Gasteiger partial charge in [0.15, 0.2) is 5.75 Å². The van der Waals surface area contributed by atoms with Crippen LogP contribution in [0, 0.1) is 0 Å². The second kappa shape index (κ2) is 7.77. The zero-order chi connectivity index (χ0) is 16.8. The van der Waals surface area contributed by atoms with E-state index in [0.717, 1.165) is 25.7 Å². The van der Waals surface area contributed by atoms with Crippen LogP contribution in [0.2, 0.25) is 0 Å². The van der Waals surface area contributed by atoms with Gasteiger partial charge in [-0.3, -0.25) is 10.1 Å². The van der Waals surface area contributed by atoms with Crippen LogP contribution in [0.4, 0.5) is 4.79 Å². The van der Waals surface area contributed by atoms with Crippen LogP contribution in [-0.4, -0.2) is 34.2 Å². The number of amides is 2. The van der Waals surface area contributed by atoms with Gasteiger partial charge in [-0.1, -0.05) is 6.42 Å². The number of hydrogen-bond acceptors (Lipinski definition) is 7. The van der Waals surface area contributed by atoms with E-state index in [1.165, 1.54) is 25.6 Å². The normalized spacial score (nSPS) is 16.4. The first-order chi connectivity index (χ1) is 11.0. The fourth-order valence-corrected chi connectivity index (χ4v) is 2.28. The average Bonchev–Trinajstić information content (AvgIpc) is 2.52. The second-order valence-corrected chi connectivity index (χ2v) is 5.51. The molecule has 1 heterocycles. The molecule has 1 aromatic rings. The van der Waals surface area contributed by atoms with Crippen molar-refractivity contribution < 1.29 is 24.2 Å². The number of aromatic hydroxyl groups is 1. The fraction of sp³-hybridized carbons (Fsp3) is 0.533. The first-order valence-electron chi connectivity index (χ1n) is 7.60. The monoisotopic (exact) mass is 323 g/mol. The van der Waals surface area contributed by atoms with Crippen LogP contribution in [0.25, 0.3) is 0 Å². The van der Waals surface area contributed by atoms with Gasteiger partial charge in [0.25, 0.3) is 5.88 Å². The number of hydrogen-bond donors (Lipinski definition) is 3. The quantitative estimate of drug-likeness (QED) is 0.766. The first kappa shape index (κ1) is 17.0. The Morgan fingerprint density at radius 3 is 2.74 bits per heavy atom. The Labute approximate surface area is 134 Å². The van der Waals surface area contributed by atoms with Crippen molar-refractivity contribution >= 4 is 12.0 Å². The highest BCUT2D eigenvalue weighted by Crippen LogP contribution is 2.35. The molecule has 1 atom stereocenters. The Kier molecular flexibility index (Phi) is 5.75. The topological polar surface area (TPSA) is 124 Å². The molecule has 1 aromatic heterocycles. The lowest BCUT2D eigenvalue weighted by atomic mass is 9.98. The minimum Gasteiger partial charge on any atom is -0.501 e. The predicted octanol–water partition coefficient (Wildman–Crippen LogP) is 1.46. The molecule has 0 unspecified atom stereocenters. The van der Waals surface area contributed by atoms with Crippen LogP contribution in [0.15, 0.2) is 12.3 Å². The number of carbonyl (C=O) groups excluding carboxylic acids is 2. The molecule has 8 heteroatoms. The number of rotatable bonds is 4. The molecule has 126 valence electrons. The Hall–Kier alpha value is -2.35. The van der Waals surface area contributed by atoms with Gasteiger partial charge in [0.1, 0.15) is 0 Å². The highest BCUT2D eigenvalue weighted by Gasteiger charge is 2.21. The van der Waals surface area contributed by atoms with E-state index >= 15 is 0 Å². The van der Waals surface area contributed by atoms with Gasteiger partial charge >= 0.3 is 6.09 Å². The molecule has 2 rings (SSSR count). The summed E-state index contributed by atoms with van der Waals surface area (Å²) in [5.74, 6) is -1.19. The van der Waals surface area contributed by atoms with E-state index in [2.05, 4.69) is 4.98 Å². The van der Waals surface area contributed by atoms with Crippen molar-refractivity contribution in [1.29, 1.82) is 0 Å². The van der Waals surface area contributed by atoms with Gasteiger partial charge < -0.3 is 20.3 Å². The van der Waals surface area contributed by atoms with E-state index in [0.29, 0.717) is 0 Å². The lowest BCUT2D eigenvalue weighted by Crippen LogP contribution is -2.42. The van der Waals surface area contributed by atoms with E-state index in [1.54, 1.807) is 0 Å². The lowest BCUT2D eigenvalue weighted by molar-refractivity contribution is -0.121. The van der Waals surface area contributed by atoms with Gasteiger partial charge in [-0.25, -0.2) is 9.78 Å². The van der Waals surface area contributed by atoms with E-state index in [-0.39, 0.29) is 23.5 Å². The van der Waals surface area contributed by atoms with Crippen LogP contribution in [0.3, 0.4) is 0 Å². The summed E-state index contributed by atoms with van der Waals surface area (Å²) < 4.78 is 10.6. The number of carbonyl (C=O) groups is 2. The van der Waals surface area contributed by atoms with E-state index in [1.807, 2.05) is 5.32 Å². The van der Waals surface area contributed by atoms with Crippen molar-refractivity contribution in [2.45, 2.75) is 51.2 Å². The molecule has 1 saturated carbocycles. The molecular formula is C15H21N3O5. The smallest absolute Gasteiger partial charge is 0.420 e. The van der Waals surface area contributed by atoms with Crippen molar-refractivity contribution in [3.63, 3.8) is 0 Å². The Balaban J connectivity index is 2.01. The largest absolute Gasteiger partial charge is 0.501 e. The van der Waals surface area contributed by atoms with Crippen molar-refractivity contribution in [3.05, 3.63) is 12.3 Å². The Morgan fingerprint density at radius 2 is 2.09 bits per heavy atom. The van der Waals surface area contributed by atoms with Crippen LogP contribution in [0.1, 0.15) is 39.0 Å². The van der Waals surface area contributed by atoms with Crippen LogP contribution >= 0.6 is 0 Å². The minimum atomic E-state index is -1.06. The van der Waals surface area contributed by atoms with Gasteiger partial charge in [0.2, 0.25) is 11.7 Å². The van der Waals surface area contributed by atoms with E-state index in [4.69, 9.17) is 15.2 Å². The lowest BCUT2D eigenvalue weighted by Gasteiger charge is -2.23. The van der Waals surface area contributed by atoms with E-state index in [9.17, 15) is 14.7 Å². The number of pyridine rings is 1. The predicted molar refractivity (Wildman–Crippen MR) is 81.2 cm³/mol. The molecular weight excluding hydrogens is 302 g/mol. The van der Waals surface area contributed by atoms with Crippen molar-refractivity contribution in [2.75, 3.05) is 0 Å². The molecule has 8 nitrogen and oxygen atoms in total. The number of aromatic nitrogens is 1. The molecule has 4 N–H and O–H groups in total. The standard InChI is InChI=1S/C15H21N3O5/c1-9(16)13(20)18-15(21)23-14-12(19)11(7-8-17-14)22-10-5-3-2-4-6-10/h7-10,19H,2-6,16H2,1H3,(H,18,20,21)/t9-/m0/s1. The molecule has 0 radical (unpaired) electrons. The first-order valence-corrected chi connectivity index (χ1v) is 7.60. The van der Waals surface area contributed by atoms with Gasteiger partial charge in [0.05, 0.1) is 12.1 Å². The molecule has 23 heavy (non-hydrogen) atoms. The third-order valence-corrected chi connectivity index (χ3v) is 3.53. The summed E-state index contributed by atoms with van der Waals surface area (Å²) in [6, 6.07) is 0.645. The maximum atomic E-state index is 11.6. The number of nitrogens with one attached hydrogen (secondary N) is 1. The van der Waals surface area contributed by atoms with Crippen LogP contribution in [0.5, 0.6) is 17.4 Å². The third kappa shape index (κ3) is 4.82. The van der Waals surface area contributed by atoms with Crippen LogP contribution in [-0.2, 0) is 4.79 Å². The zero-order valence-electron chi connectivity index (χ0n) is 12.9. The van der Waals surface area contributed by atoms with Gasteiger partial charge in [-0.15, -0.1) is 0 Å². The maximum Gasteiger partial charge on any atom is 0.420 e. The molecule has 0 aliphatic heterocycles. The average molecular weight is 323 g/mol. The zero-order valence-corrected chi connectivity index (χ0v) is 12.9. The number of nitrogens with two attached hydrogens (primary N) is 1. The van der Waals surface area contributed by atoms with Gasteiger partial charge in [-0.05, 0) is 32.6 Å². The molecule has 1 aliphatic carbocycles. The highest BCUT2D eigenvalue weighted by atomic mass is 16.6. The molecule has 0 spiro atoms. The molecule has 0 bridgehead atoms. The summed E-state index contributed by atoms with van der Waals surface area (Å²) in [4.78, 5) is 26.7. The molecule has 1 aliphatic rings. The molecule has 2 amide bonds. The number of imide groups is 1. The highest BCUT2D eigenvalue weighted by molar-refractivity contribution is 5.95. The maximum absolute atomic E-state index is 11.6. The molecule has 0 aromatic carbocycles. The number of nitrogens with zero attached hydrogens (tertiary/aromatic N) is 1.